The average molecular weight is 1870 g/mol. The Morgan fingerprint density at radius 3 is 0.252 bits per heavy atom. The van der Waals surface area contributed by atoms with Crippen LogP contribution in [-0.2, 0) is 12.9 Å². The standard InChI is InChI=1S/C120H252O3P4/c1-13-25-37-43-49-55-61-67-73-79-85-91-97-103-115-125(109-31-19-7,110-32-20-8,116-104-98-92-86-80-74-68-62-56-50-44-38-26-14-2)121-124(122-126(111-33-21-9,112-34-22-10,117-105-99-93-87-81-75-69-63-57-51-45-39-27-15-3)118-106-100-94-88-82-76-70-64-58-52-46-40-28-16-4)123-127(113-35-23-11,114-36-24-12,119-107-101-95-89-83-77-71-65-59-53-47-41-29-17-5)120-108-102-96-90-84-78-72-66-60-54-48-42-30-18-6/h13-120H2,1-12H3. The Hall–Kier alpha value is 1.60. The molecule has 0 aromatic rings. The summed E-state index contributed by atoms with van der Waals surface area (Å²) in [4.78, 5) is 0. The fraction of sp³-hybridized carbons (Fsp3) is 1.00. The number of rotatable bonds is 114. The summed E-state index contributed by atoms with van der Waals surface area (Å²) in [7, 11) is -1.65. The average Bonchev–Trinajstić information content (AvgIpc) is 0.725. The van der Waals surface area contributed by atoms with E-state index in [2.05, 4.69) is 83.1 Å². The third kappa shape index (κ3) is 75.2. The third-order valence-electron chi connectivity index (χ3n) is 31.8. The Morgan fingerprint density at radius 2 is 0.165 bits per heavy atom. The zero-order valence-corrected chi connectivity index (χ0v) is 95.0. The zero-order valence-electron chi connectivity index (χ0n) is 91.4. The molecule has 770 valence electrons. The molecule has 0 aromatic heterocycles. The number of unbranched alkanes of at least 4 members (excludes halogenated alkanes) is 84. The van der Waals surface area contributed by atoms with Crippen molar-refractivity contribution < 1.29 is 12.9 Å². The minimum absolute atomic E-state index is 1.28. The van der Waals surface area contributed by atoms with E-state index in [4.69, 9.17) is 0 Å². The molecule has 0 amide bonds. The molecule has 127 heavy (non-hydrogen) atoms. The van der Waals surface area contributed by atoms with Gasteiger partial charge >= 0.3 is 658 Å². The maximum absolute atomic E-state index is 9.65. The molecular weight excluding hydrogens is 1610 g/mol. The van der Waals surface area contributed by atoms with Crippen LogP contribution >= 0.6 is 29.1 Å². The summed E-state index contributed by atoms with van der Waals surface area (Å²) >= 11 is 0. The first-order valence-electron chi connectivity index (χ1n) is 61.4. The van der Waals surface area contributed by atoms with E-state index >= 15 is 0 Å². The van der Waals surface area contributed by atoms with Gasteiger partial charge in [-0.05, 0) is 0 Å². The van der Waals surface area contributed by atoms with Crippen LogP contribution in [0.4, 0.5) is 0 Å². The molecule has 0 saturated carbocycles. The Kier molecular flexibility index (Phi) is 97.7. The first kappa shape index (κ1) is 129. The van der Waals surface area contributed by atoms with Crippen LogP contribution in [0.3, 0.4) is 0 Å². The van der Waals surface area contributed by atoms with Crippen LogP contribution in [0.15, 0.2) is 0 Å². The predicted molar refractivity (Wildman–Crippen MR) is 601 cm³/mol. The molecule has 0 unspecified atom stereocenters. The molecular formula is C120H252O3P4. The van der Waals surface area contributed by atoms with Crippen molar-refractivity contribution in [3.63, 3.8) is 0 Å². The van der Waals surface area contributed by atoms with Gasteiger partial charge in [-0.15, -0.1) is 0 Å². The monoisotopic (exact) mass is 1870 g/mol. The zero-order chi connectivity index (χ0) is 92.4. The SMILES string of the molecule is CCCCCCCCCCCCCCCCP(CCCC)(CCCC)(CCCCCCCCCCCCCCCC)OP(OP(CCCC)(CCCC)(CCCCCCCCCCCCCCCC)CCCCCCCCCCCCCCCC)OP(CCCC)(CCCC)(CCCCCCCCCCCCCCCC)CCCCCCCCCCCCCCCC. The van der Waals surface area contributed by atoms with Crippen molar-refractivity contribution in [3.05, 3.63) is 0 Å². The van der Waals surface area contributed by atoms with Gasteiger partial charge in [0.15, 0.2) is 0 Å². The van der Waals surface area contributed by atoms with Gasteiger partial charge in [0.1, 0.15) is 0 Å². The van der Waals surface area contributed by atoms with Gasteiger partial charge in [-0.1, -0.05) is 157 Å². The molecule has 0 heterocycles. The van der Waals surface area contributed by atoms with Crippen LogP contribution < -0.4 is 0 Å². The van der Waals surface area contributed by atoms with Gasteiger partial charge in [-0.3, -0.25) is 0 Å². The van der Waals surface area contributed by atoms with Crippen LogP contribution in [0.25, 0.3) is 0 Å². The van der Waals surface area contributed by atoms with Gasteiger partial charge in [0.05, 0.1) is 0 Å². The second-order valence-corrected chi connectivity index (χ2v) is 63.3. The maximum atomic E-state index is 9.65. The molecule has 7 heteroatoms. The van der Waals surface area contributed by atoms with E-state index in [1.54, 1.807) is 0 Å². The van der Waals surface area contributed by atoms with Gasteiger partial charge < -0.3 is 0 Å². The quantitative estimate of drug-likeness (QED) is 0.0449. The molecule has 0 fully saturated rings. The third-order valence-corrected chi connectivity index (χ3v) is 56.3. The van der Waals surface area contributed by atoms with Crippen molar-refractivity contribution >= 4 is 29.1 Å². The summed E-state index contributed by atoms with van der Waals surface area (Å²) in [5, 5.41) is 0. The molecule has 0 radical (unpaired) electrons. The van der Waals surface area contributed by atoms with E-state index in [0.717, 1.165) is 0 Å². The topological polar surface area (TPSA) is 27.7 Å². The van der Waals surface area contributed by atoms with Crippen LogP contribution in [0.5, 0.6) is 0 Å². The molecule has 3 nitrogen and oxygen atoms in total. The molecule has 0 bridgehead atoms. The van der Waals surface area contributed by atoms with E-state index in [1.165, 1.54) is 690 Å². The Bertz CT molecular complexity index is 1740. The molecule has 0 atom stereocenters. The predicted octanol–water partition coefficient (Wildman–Crippen LogP) is 47.4. The van der Waals surface area contributed by atoms with Gasteiger partial charge in [-0.25, -0.2) is 0 Å². The minimum atomic E-state index is -3.07. The van der Waals surface area contributed by atoms with Crippen LogP contribution in [-0.4, -0.2) is 73.9 Å². The van der Waals surface area contributed by atoms with Crippen molar-refractivity contribution in [2.75, 3.05) is 73.9 Å². The van der Waals surface area contributed by atoms with Crippen molar-refractivity contribution in [3.8, 4) is 0 Å². The molecule has 0 N–H and O–H groups in total. The van der Waals surface area contributed by atoms with Gasteiger partial charge in [0.2, 0.25) is 0 Å². The van der Waals surface area contributed by atoms with E-state index in [9.17, 15) is 12.9 Å². The van der Waals surface area contributed by atoms with E-state index in [-0.39, 0.29) is 0 Å². The Balaban J connectivity index is 9.04. The van der Waals surface area contributed by atoms with Crippen LogP contribution in [0.1, 0.15) is 699 Å². The summed E-state index contributed by atoms with van der Waals surface area (Å²) in [6.45, 7) is 20.4. The first-order valence-corrected chi connectivity index (χ1v) is 71.2. The van der Waals surface area contributed by atoms with Crippen LogP contribution in [0.2, 0.25) is 0 Å². The van der Waals surface area contributed by atoms with Crippen LogP contribution in [0, 0.1) is 0 Å². The van der Waals surface area contributed by atoms with Crippen molar-refractivity contribution in [1.82, 2.24) is 0 Å². The van der Waals surface area contributed by atoms with E-state index in [0.29, 0.717) is 0 Å². The Labute approximate surface area is 810 Å². The second-order valence-electron chi connectivity index (χ2n) is 44.4. The molecule has 0 saturated heterocycles. The fourth-order valence-electron chi connectivity index (χ4n) is 22.7. The summed E-state index contributed by atoms with van der Waals surface area (Å²) in [5.74, 6) is 0. The molecule has 0 aliphatic carbocycles. The molecule has 0 aliphatic rings. The van der Waals surface area contributed by atoms with Crippen molar-refractivity contribution in [2.24, 2.45) is 0 Å². The van der Waals surface area contributed by atoms with E-state index < -0.39 is 29.1 Å². The van der Waals surface area contributed by atoms with Gasteiger partial charge in [-0.2, -0.15) is 0 Å². The van der Waals surface area contributed by atoms with Gasteiger partial charge in [0, 0.05) is 0 Å². The summed E-state index contributed by atoms with van der Waals surface area (Å²) in [5.41, 5.74) is 0. The Morgan fingerprint density at radius 1 is 0.0945 bits per heavy atom. The van der Waals surface area contributed by atoms with Crippen molar-refractivity contribution in [2.45, 2.75) is 699 Å². The smallest absolute Gasteiger partial charge is 0.0654 e. The van der Waals surface area contributed by atoms with Gasteiger partial charge in [0.25, 0.3) is 0 Å². The molecule has 0 rings (SSSR count). The summed E-state index contributed by atoms with van der Waals surface area (Å²) in [6, 6.07) is 0. The second kappa shape index (κ2) is 96.5. The number of hydrogen-bond donors (Lipinski definition) is 0. The normalized spacial score (nSPS) is 13.6. The fourth-order valence-corrected chi connectivity index (χ4v) is 49.2. The van der Waals surface area contributed by atoms with Crippen molar-refractivity contribution in [1.29, 1.82) is 0 Å². The summed E-state index contributed by atoms with van der Waals surface area (Å²) in [6.07, 6.45) is 152. The molecule has 0 spiro atoms. The first-order chi connectivity index (χ1) is 62.5. The summed E-state index contributed by atoms with van der Waals surface area (Å²) < 4.78 is 29.0. The minimum Gasteiger partial charge on any atom is -0.0654 e. The molecule has 0 aliphatic heterocycles. The number of hydrogen-bond acceptors (Lipinski definition) is 3. The van der Waals surface area contributed by atoms with E-state index in [1.807, 2.05) is 0 Å². The molecule has 0 aromatic carbocycles.